The fraction of sp³-hybridized carbons (Fsp3) is 0.370. The maximum atomic E-state index is 12.9. The molecule has 1 saturated heterocycles. The van der Waals surface area contributed by atoms with Gasteiger partial charge in [-0.2, -0.15) is 0 Å². The molecule has 3 aromatic heterocycles. The molecule has 1 fully saturated rings. The first-order valence-electron chi connectivity index (χ1n) is 11.8. The molecular formula is C27H30N4O3. The molecule has 5 rings (SSSR count). The van der Waals surface area contributed by atoms with Crippen molar-refractivity contribution in [3.63, 3.8) is 0 Å². The smallest absolute Gasteiger partial charge is 0.226 e. The van der Waals surface area contributed by atoms with Gasteiger partial charge in [-0.25, -0.2) is 4.98 Å². The van der Waals surface area contributed by atoms with Crippen LogP contribution in [0.2, 0.25) is 0 Å². The van der Waals surface area contributed by atoms with Gasteiger partial charge in [0.2, 0.25) is 5.91 Å². The Morgan fingerprint density at radius 3 is 2.68 bits per heavy atom. The quantitative estimate of drug-likeness (QED) is 0.479. The molecular weight excluding hydrogens is 428 g/mol. The van der Waals surface area contributed by atoms with E-state index in [1.165, 1.54) is 5.56 Å². The number of carbonyl (C=O) groups excluding carboxylic acids is 1. The van der Waals surface area contributed by atoms with E-state index < -0.39 is 5.60 Å². The Bertz CT molecular complexity index is 1310. The first-order chi connectivity index (χ1) is 16.3. The van der Waals surface area contributed by atoms with Crippen molar-refractivity contribution in [2.45, 2.75) is 44.6 Å². The Morgan fingerprint density at radius 1 is 1.18 bits per heavy atom. The molecule has 34 heavy (non-hydrogen) atoms. The van der Waals surface area contributed by atoms with Crippen LogP contribution in [-0.2, 0) is 23.9 Å². The van der Waals surface area contributed by atoms with Gasteiger partial charge in [-0.05, 0) is 54.2 Å². The molecule has 0 bridgehead atoms. The van der Waals surface area contributed by atoms with E-state index in [1.807, 2.05) is 59.2 Å². The standard InChI is InChI=1S/C27H30N4O3/c1-18(2)21-5-6-22(28-16-21)26-29-24(17-30(26)3)27(33)9-11-31(12-10-27)25(32)15-19-4-7-23-20(14-19)8-13-34-23/h4-8,13-14,16-18,33H,9-12,15H2,1-3H3. The molecule has 1 aliphatic rings. The molecule has 176 valence electrons. The minimum absolute atomic E-state index is 0.0704. The molecule has 0 saturated carbocycles. The van der Waals surface area contributed by atoms with Crippen molar-refractivity contribution in [2.24, 2.45) is 7.05 Å². The Balaban J connectivity index is 1.26. The van der Waals surface area contributed by atoms with Crippen molar-refractivity contribution in [1.82, 2.24) is 19.4 Å². The van der Waals surface area contributed by atoms with Crippen molar-refractivity contribution < 1.29 is 14.3 Å². The zero-order chi connectivity index (χ0) is 23.9. The largest absolute Gasteiger partial charge is 0.464 e. The molecule has 7 nitrogen and oxygen atoms in total. The van der Waals surface area contributed by atoms with E-state index in [1.54, 1.807) is 6.26 Å². The summed E-state index contributed by atoms with van der Waals surface area (Å²) in [7, 11) is 1.92. The van der Waals surface area contributed by atoms with Crippen LogP contribution in [0.1, 0.15) is 49.4 Å². The molecule has 1 amide bonds. The van der Waals surface area contributed by atoms with Crippen molar-refractivity contribution in [3.05, 3.63) is 71.9 Å². The summed E-state index contributed by atoms with van der Waals surface area (Å²) in [6, 6.07) is 11.8. The summed E-state index contributed by atoms with van der Waals surface area (Å²) < 4.78 is 7.29. The summed E-state index contributed by atoms with van der Waals surface area (Å²) in [5.74, 6) is 1.22. The summed E-state index contributed by atoms with van der Waals surface area (Å²) in [6.07, 6.45) is 6.67. The van der Waals surface area contributed by atoms with Gasteiger partial charge < -0.3 is 19.0 Å². The number of hydrogen-bond donors (Lipinski definition) is 1. The first-order valence-corrected chi connectivity index (χ1v) is 11.8. The summed E-state index contributed by atoms with van der Waals surface area (Å²) in [6.45, 7) is 5.27. The highest BCUT2D eigenvalue weighted by atomic mass is 16.3. The first kappa shape index (κ1) is 22.3. The lowest BCUT2D eigenvalue weighted by atomic mass is 9.88. The second kappa shape index (κ2) is 8.72. The van der Waals surface area contributed by atoms with Gasteiger partial charge in [0.15, 0.2) is 5.82 Å². The number of likely N-dealkylation sites (tertiary alicyclic amines) is 1. The molecule has 0 radical (unpaired) electrons. The van der Waals surface area contributed by atoms with E-state index in [-0.39, 0.29) is 5.91 Å². The fourth-order valence-corrected chi connectivity index (χ4v) is 4.60. The van der Waals surface area contributed by atoms with Gasteiger partial charge in [-0.1, -0.05) is 26.0 Å². The number of pyridine rings is 1. The summed E-state index contributed by atoms with van der Waals surface area (Å²) in [5.41, 5.74) is 3.32. The summed E-state index contributed by atoms with van der Waals surface area (Å²) in [5, 5.41) is 12.4. The third-order valence-electron chi connectivity index (χ3n) is 6.85. The molecule has 0 spiro atoms. The number of aryl methyl sites for hydroxylation is 1. The number of fused-ring (bicyclic) bond motifs is 1. The predicted octanol–water partition coefficient (Wildman–Crippen LogP) is 4.40. The predicted molar refractivity (Wildman–Crippen MR) is 130 cm³/mol. The summed E-state index contributed by atoms with van der Waals surface area (Å²) >= 11 is 0. The van der Waals surface area contributed by atoms with E-state index in [9.17, 15) is 9.90 Å². The number of aliphatic hydroxyl groups is 1. The number of benzene rings is 1. The van der Waals surface area contributed by atoms with Crippen LogP contribution in [0.15, 0.2) is 59.5 Å². The zero-order valence-electron chi connectivity index (χ0n) is 19.9. The van der Waals surface area contributed by atoms with Crippen LogP contribution < -0.4 is 0 Å². The number of aromatic nitrogens is 3. The highest BCUT2D eigenvalue weighted by Gasteiger charge is 2.38. The molecule has 1 aromatic carbocycles. The Kier molecular flexibility index (Phi) is 5.73. The van der Waals surface area contributed by atoms with E-state index in [4.69, 9.17) is 9.40 Å². The molecule has 0 atom stereocenters. The van der Waals surface area contributed by atoms with E-state index >= 15 is 0 Å². The average Bonchev–Trinajstić information content (AvgIpc) is 3.46. The highest BCUT2D eigenvalue weighted by molar-refractivity contribution is 5.82. The third-order valence-corrected chi connectivity index (χ3v) is 6.85. The van der Waals surface area contributed by atoms with E-state index in [2.05, 4.69) is 24.9 Å². The highest BCUT2D eigenvalue weighted by Crippen LogP contribution is 2.34. The molecule has 1 N–H and O–H groups in total. The van der Waals surface area contributed by atoms with Crippen LogP contribution in [0.25, 0.3) is 22.5 Å². The number of furan rings is 1. The van der Waals surface area contributed by atoms with Gasteiger partial charge in [-0.15, -0.1) is 0 Å². The maximum Gasteiger partial charge on any atom is 0.226 e. The lowest BCUT2D eigenvalue weighted by Crippen LogP contribution is -2.45. The van der Waals surface area contributed by atoms with Crippen LogP contribution >= 0.6 is 0 Å². The van der Waals surface area contributed by atoms with Gasteiger partial charge in [0.05, 0.1) is 18.4 Å². The Labute approximate surface area is 199 Å². The van der Waals surface area contributed by atoms with Crippen molar-refractivity contribution in [1.29, 1.82) is 0 Å². The lowest BCUT2D eigenvalue weighted by Gasteiger charge is -2.37. The SMILES string of the molecule is CC(C)c1ccc(-c2nc(C3(O)CCN(C(=O)Cc4ccc5occc5c4)CC3)cn2C)nc1. The number of imidazole rings is 1. The molecule has 0 unspecified atom stereocenters. The van der Waals surface area contributed by atoms with Crippen molar-refractivity contribution >= 4 is 16.9 Å². The van der Waals surface area contributed by atoms with Crippen molar-refractivity contribution in [2.75, 3.05) is 13.1 Å². The lowest BCUT2D eigenvalue weighted by molar-refractivity contribution is -0.135. The van der Waals surface area contributed by atoms with E-state index in [0.29, 0.717) is 44.0 Å². The second-order valence-electron chi connectivity index (χ2n) is 9.57. The zero-order valence-corrected chi connectivity index (χ0v) is 19.9. The molecule has 4 aromatic rings. The molecule has 0 aliphatic carbocycles. The number of piperidine rings is 1. The monoisotopic (exact) mass is 458 g/mol. The number of carbonyl (C=O) groups is 1. The van der Waals surface area contributed by atoms with Crippen LogP contribution in [0, 0.1) is 0 Å². The Morgan fingerprint density at radius 2 is 1.97 bits per heavy atom. The minimum Gasteiger partial charge on any atom is -0.464 e. The average molecular weight is 459 g/mol. The normalized spacial score (nSPS) is 15.9. The van der Waals surface area contributed by atoms with Gasteiger partial charge in [0, 0.05) is 37.9 Å². The van der Waals surface area contributed by atoms with E-state index in [0.717, 1.165) is 28.1 Å². The van der Waals surface area contributed by atoms with Crippen LogP contribution in [0.3, 0.4) is 0 Å². The topological polar surface area (TPSA) is 84.4 Å². The number of rotatable bonds is 5. The Hall–Kier alpha value is -3.45. The second-order valence-corrected chi connectivity index (χ2v) is 9.57. The number of nitrogens with zero attached hydrogens (tertiary/aromatic N) is 4. The van der Waals surface area contributed by atoms with Crippen molar-refractivity contribution in [3.8, 4) is 11.5 Å². The van der Waals surface area contributed by atoms with Gasteiger partial charge >= 0.3 is 0 Å². The van der Waals surface area contributed by atoms with Crippen LogP contribution in [-0.4, -0.2) is 43.5 Å². The third kappa shape index (κ3) is 4.23. The fourth-order valence-electron chi connectivity index (χ4n) is 4.60. The number of amides is 1. The summed E-state index contributed by atoms with van der Waals surface area (Å²) in [4.78, 5) is 24.1. The molecule has 4 heterocycles. The van der Waals surface area contributed by atoms with Gasteiger partial charge in [0.25, 0.3) is 0 Å². The van der Waals surface area contributed by atoms with Crippen LogP contribution in [0.4, 0.5) is 0 Å². The molecule has 7 heteroatoms. The maximum absolute atomic E-state index is 12.9. The molecule has 1 aliphatic heterocycles. The van der Waals surface area contributed by atoms with Crippen LogP contribution in [0.5, 0.6) is 0 Å². The minimum atomic E-state index is -1.06. The number of hydrogen-bond acceptors (Lipinski definition) is 5. The van der Waals surface area contributed by atoms with Gasteiger partial charge in [0.1, 0.15) is 16.9 Å². The van der Waals surface area contributed by atoms with Gasteiger partial charge in [-0.3, -0.25) is 9.78 Å².